The second kappa shape index (κ2) is 8.02. The molecule has 2 atom stereocenters. The number of amides is 1. The van der Waals surface area contributed by atoms with E-state index in [-0.39, 0.29) is 28.9 Å². The van der Waals surface area contributed by atoms with E-state index < -0.39 is 22.0 Å². The summed E-state index contributed by atoms with van der Waals surface area (Å²) in [4.78, 5) is 14.2. The third-order valence-electron chi connectivity index (χ3n) is 3.93. The monoisotopic (exact) mass is 384 g/mol. The molecule has 0 saturated heterocycles. The maximum absolute atomic E-state index is 12.5. The van der Waals surface area contributed by atoms with Crippen LogP contribution in [0.5, 0.6) is 0 Å². The molecule has 2 aromatic rings. The van der Waals surface area contributed by atoms with E-state index >= 15 is 0 Å². The Kier molecular flexibility index (Phi) is 6.21. The average Bonchev–Trinajstić information content (AvgIpc) is 3.16. The van der Waals surface area contributed by atoms with Crippen LogP contribution in [-0.4, -0.2) is 51.1 Å². The Morgan fingerprint density at radius 1 is 1.35 bits per heavy atom. The van der Waals surface area contributed by atoms with Crippen molar-refractivity contribution in [1.82, 2.24) is 20.1 Å². The summed E-state index contributed by atoms with van der Waals surface area (Å²) >= 11 is 0. The van der Waals surface area contributed by atoms with Gasteiger partial charge >= 0.3 is 0 Å². The highest BCUT2D eigenvalue weighted by molar-refractivity contribution is 7.89. The number of nitrogens with one attached hydrogen (secondary N) is 2. The fourth-order valence-electron chi connectivity index (χ4n) is 2.57. The SMILES string of the molecule is Cc1noc(C)c1S(=O)(=O)N[C@@H](C)C(=O)NCC(c1ccco1)N(C)C. The van der Waals surface area contributed by atoms with Gasteiger partial charge in [0.1, 0.15) is 16.3 Å². The molecule has 1 unspecified atom stereocenters. The number of carbonyl (C=O) groups is 1. The smallest absolute Gasteiger partial charge is 0.246 e. The first-order valence-electron chi connectivity index (χ1n) is 8.06. The quantitative estimate of drug-likeness (QED) is 0.696. The van der Waals surface area contributed by atoms with Gasteiger partial charge in [0.15, 0.2) is 5.76 Å². The number of carbonyl (C=O) groups excluding carboxylic acids is 1. The highest BCUT2D eigenvalue weighted by Gasteiger charge is 2.28. The summed E-state index contributed by atoms with van der Waals surface area (Å²) < 4.78 is 37.6. The van der Waals surface area contributed by atoms with Gasteiger partial charge in [-0.2, -0.15) is 4.72 Å². The van der Waals surface area contributed by atoms with Crippen molar-refractivity contribution in [3.05, 3.63) is 35.6 Å². The van der Waals surface area contributed by atoms with Crippen molar-refractivity contribution in [2.75, 3.05) is 20.6 Å². The summed E-state index contributed by atoms with van der Waals surface area (Å²) in [5.41, 5.74) is 0.244. The van der Waals surface area contributed by atoms with Gasteiger partial charge in [-0.15, -0.1) is 0 Å². The molecule has 10 heteroatoms. The predicted octanol–water partition coefficient (Wildman–Crippen LogP) is 0.970. The second-order valence-electron chi connectivity index (χ2n) is 6.24. The van der Waals surface area contributed by atoms with Gasteiger partial charge in [0, 0.05) is 6.54 Å². The van der Waals surface area contributed by atoms with Gasteiger partial charge in [-0.25, -0.2) is 8.42 Å². The van der Waals surface area contributed by atoms with Crippen LogP contribution in [0.2, 0.25) is 0 Å². The van der Waals surface area contributed by atoms with E-state index in [9.17, 15) is 13.2 Å². The summed E-state index contributed by atoms with van der Waals surface area (Å²) in [6, 6.07) is 2.46. The Labute approximate surface area is 152 Å². The van der Waals surface area contributed by atoms with E-state index in [4.69, 9.17) is 8.94 Å². The Balaban J connectivity index is 2.01. The van der Waals surface area contributed by atoms with Gasteiger partial charge < -0.3 is 14.3 Å². The normalized spacial score (nSPS) is 14.4. The van der Waals surface area contributed by atoms with Crippen LogP contribution >= 0.6 is 0 Å². The number of hydrogen-bond donors (Lipinski definition) is 2. The van der Waals surface area contributed by atoms with E-state index in [0.717, 1.165) is 0 Å². The van der Waals surface area contributed by atoms with Gasteiger partial charge in [-0.05, 0) is 47.0 Å². The minimum atomic E-state index is -3.92. The number of furan rings is 1. The van der Waals surface area contributed by atoms with E-state index in [0.29, 0.717) is 5.76 Å². The van der Waals surface area contributed by atoms with E-state index in [1.807, 2.05) is 25.1 Å². The standard InChI is InChI=1S/C16H24N4O5S/c1-10-15(12(3)25-18-10)26(22,23)19-11(2)16(21)17-9-13(20(4)5)14-7-6-8-24-14/h6-8,11,13,19H,9H2,1-5H3,(H,17,21)/t11-,13?/m0/s1. The molecular weight excluding hydrogens is 360 g/mol. The molecule has 0 aliphatic carbocycles. The van der Waals surface area contributed by atoms with E-state index in [1.54, 1.807) is 12.3 Å². The van der Waals surface area contributed by atoms with Crippen molar-refractivity contribution < 1.29 is 22.2 Å². The van der Waals surface area contributed by atoms with Crippen LogP contribution in [0.25, 0.3) is 0 Å². The van der Waals surface area contributed by atoms with Crippen LogP contribution in [0.1, 0.15) is 30.2 Å². The first-order chi connectivity index (χ1) is 12.1. The molecule has 2 heterocycles. The molecule has 0 fully saturated rings. The second-order valence-corrected chi connectivity index (χ2v) is 7.89. The zero-order valence-corrected chi connectivity index (χ0v) is 16.3. The molecule has 0 aromatic carbocycles. The van der Waals surface area contributed by atoms with E-state index in [1.165, 1.54) is 20.8 Å². The lowest BCUT2D eigenvalue weighted by atomic mass is 10.2. The molecule has 2 rings (SSSR count). The zero-order valence-electron chi connectivity index (χ0n) is 15.4. The lowest BCUT2D eigenvalue weighted by molar-refractivity contribution is -0.122. The van der Waals surface area contributed by atoms with Crippen molar-refractivity contribution in [3.8, 4) is 0 Å². The Morgan fingerprint density at radius 2 is 2.04 bits per heavy atom. The van der Waals surface area contributed by atoms with Gasteiger partial charge in [-0.1, -0.05) is 5.16 Å². The van der Waals surface area contributed by atoms with Gasteiger partial charge in [0.05, 0.1) is 18.3 Å². The third kappa shape index (κ3) is 4.51. The van der Waals surface area contributed by atoms with Crippen molar-refractivity contribution in [3.63, 3.8) is 0 Å². The van der Waals surface area contributed by atoms with Gasteiger partial charge in [0.2, 0.25) is 15.9 Å². The summed E-state index contributed by atoms with van der Waals surface area (Å²) in [5.74, 6) is 0.436. The van der Waals surface area contributed by atoms with Crippen LogP contribution in [0.4, 0.5) is 0 Å². The fourth-order valence-corrected chi connectivity index (χ4v) is 4.10. The Hall–Kier alpha value is -2.17. The number of aryl methyl sites for hydroxylation is 2. The number of likely N-dealkylation sites (N-methyl/N-ethyl adjacent to an activating group) is 1. The Morgan fingerprint density at radius 3 is 2.54 bits per heavy atom. The van der Waals surface area contributed by atoms with E-state index in [2.05, 4.69) is 15.2 Å². The molecule has 144 valence electrons. The van der Waals surface area contributed by atoms with Crippen molar-refractivity contribution in [2.24, 2.45) is 0 Å². The molecule has 0 aliphatic heterocycles. The summed E-state index contributed by atoms with van der Waals surface area (Å²) in [6.07, 6.45) is 1.56. The number of sulfonamides is 1. The lowest BCUT2D eigenvalue weighted by Crippen LogP contribution is -2.46. The van der Waals surface area contributed by atoms with Gasteiger partial charge in [-0.3, -0.25) is 9.69 Å². The number of aromatic nitrogens is 1. The molecule has 0 radical (unpaired) electrons. The first-order valence-corrected chi connectivity index (χ1v) is 9.54. The fraction of sp³-hybridized carbons (Fsp3) is 0.500. The van der Waals surface area contributed by atoms with Crippen molar-refractivity contribution >= 4 is 15.9 Å². The lowest BCUT2D eigenvalue weighted by Gasteiger charge is -2.23. The van der Waals surface area contributed by atoms with Crippen LogP contribution in [-0.2, 0) is 14.8 Å². The third-order valence-corrected chi connectivity index (χ3v) is 5.71. The number of rotatable bonds is 8. The van der Waals surface area contributed by atoms with Crippen LogP contribution in [0.3, 0.4) is 0 Å². The molecule has 26 heavy (non-hydrogen) atoms. The van der Waals surface area contributed by atoms with Crippen molar-refractivity contribution in [2.45, 2.75) is 37.8 Å². The molecule has 0 saturated carbocycles. The summed E-state index contributed by atoms with van der Waals surface area (Å²) in [5, 5.41) is 6.37. The highest BCUT2D eigenvalue weighted by atomic mass is 32.2. The summed E-state index contributed by atoms with van der Waals surface area (Å²) in [6.45, 7) is 4.78. The molecule has 2 aromatic heterocycles. The molecule has 0 spiro atoms. The molecule has 0 aliphatic rings. The van der Waals surface area contributed by atoms with Gasteiger partial charge in [0.25, 0.3) is 0 Å². The number of nitrogens with zero attached hydrogens (tertiary/aromatic N) is 2. The van der Waals surface area contributed by atoms with Crippen molar-refractivity contribution in [1.29, 1.82) is 0 Å². The minimum absolute atomic E-state index is 0.0427. The molecule has 1 amide bonds. The maximum atomic E-state index is 12.5. The summed E-state index contributed by atoms with van der Waals surface area (Å²) in [7, 11) is -0.189. The average molecular weight is 384 g/mol. The largest absolute Gasteiger partial charge is 0.468 e. The maximum Gasteiger partial charge on any atom is 0.246 e. The molecule has 0 bridgehead atoms. The van der Waals surface area contributed by atoms with Crippen LogP contribution in [0.15, 0.2) is 32.2 Å². The molecule has 9 nitrogen and oxygen atoms in total. The highest BCUT2D eigenvalue weighted by Crippen LogP contribution is 2.19. The zero-order chi connectivity index (χ0) is 19.5. The Bertz CT molecular complexity index is 823. The number of hydrogen-bond acceptors (Lipinski definition) is 7. The topological polar surface area (TPSA) is 118 Å². The molecule has 2 N–H and O–H groups in total. The molecular formula is C16H24N4O5S. The van der Waals surface area contributed by atoms with Crippen LogP contribution in [0, 0.1) is 13.8 Å². The first kappa shape index (κ1) is 20.1. The van der Waals surface area contributed by atoms with Crippen LogP contribution < -0.4 is 10.0 Å². The minimum Gasteiger partial charge on any atom is -0.468 e. The predicted molar refractivity (Wildman–Crippen MR) is 93.9 cm³/mol.